The molecule has 0 aliphatic rings. The summed E-state index contributed by atoms with van der Waals surface area (Å²) in [5, 5.41) is 11.4. The second-order valence-corrected chi connectivity index (χ2v) is 6.08. The highest BCUT2D eigenvalue weighted by Crippen LogP contribution is 2.22. The number of anilines is 1. The molecule has 0 aliphatic carbocycles. The molecule has 7 nitrogen and oxygen atoms in total. The van der Waals surface area contributed by atoms with Gasteiger partial charge in [0.2, 0.25) is 0 Å². The molecule has 1 rings (SSSR count). The summed E-state index contributed by atoms with van der Waals surface area (Å²) >= 11 is 5.71. The maximum absolute atomic E-state index is 11.2. The quantitative estimate of drug-likeness (QED) is 0.379. The lowest BCUT2D eigenvalue weighted by atomic mass is 10.2. The number of halogens is 1. The molecule has 0 aliphatic heterocycles. The van der Waals surface area contributed by atoms with Gasteiger partial charge in [-0.05, 0) is 24.6 Å². The van der Waals surface area contributed by atoms with Crippen molar-refractivity contribution in [3.05, 3.63) is 28.8 Å². The van der Waals surface area contributed by atoms with Crippen LogP contribution in [-0.4, -0.2) is 36.2 Å². The van der Waals surface area contributed by atoms with E-state index in [1.165, 1.54) is 12.1 Å². The average molecular weight is 338 g/mol. The molecule has 1 aromatic rings. The van der Waals surface area contributed by atoms with E-state index in [1.54, 1.807) is 0 Å². The summed E-state index contributed by atoms with van der Waals surface area (Å²) in [6.07, 6.45) is 1.41. The van der Waals surface area contributed by atoms with Crippen LogP contribution >= 0.6 is 11.6 Å². The SMILES string of the molecule is CCCCOC(Nc1ccc(Cl)c(C(=O)O)c1)S(=O)(=O)O. The number of unbranched alkanes of at least 4 members (excludes halogenated alkanes) is 1. The fourth-order valence-corrected chi connectivity index (χ4v) is 2.20. The molecule has 0 heterocycles. The molecule has 1 atom stereocenters. The summed E-state index contributed by atoms with van der Waals surface area (Å²) in [7, 11) is -4.50. The zero-order valence-corrected chi connectivity index (χ0v) is 12.8. The number of aromatic carboxylic acids is 1. The van der Waals surface area contributed by atoms with Gasteiger partial charge in [-0.3, -0.25) is 4.55 Å². The number of nitrogens with one attached hydrogen (secondary N) is 1. The van der Waals surface area contributed by atoms with Gasteiger partial charge in [0.1, 0.15) is 0 Å². The van der Waals surface area contributed by atoms with Gasteiger partial charge in [-0.1, -0.05) is 24.9 Å². The van der Waals surface area contributed by atoms with Gasteiger partial charge in [-0.2, -0.15) is 8.42 Å². The zero-order valence-electron chi connectivity index (χ0n) is 11.2. The van der Waals surface area contributed by atoms with E-state index >= 15 is 0 Å². The Morgan fingerprint density at radius 1 is 1.48 bits per heavy atom. The van der Waals surface area contributed by atoms with Crippen LogP contribution in [0.2, 0.25) is 5.02 Å². The number of rotatable bonds is 8. The van der Waals surface area contributed by atoms with Crippen LogP contribution in [0.3, 0.4) is 0 Å². The van der Waals surface area contributed by atoms with Crippen LogP contribution in [0.5, 0.6) is 0 Å². The molecule has 0 radical (unpaired) electrons. The van der Waals surface area contributed by atoms with Gasteiger partial charge in [0.15, 0.2) is 0 Å². The number of hydrogen-bond acceptors (Lipinski definition) is 5. The van der Waals surface area contributed by atoms with E-state index in [0.717, 1.165) is 12.5 Å². The van der Waals surface area contributed by atoms with Gasteiger partial charge in [0.25, 0.3) is 5.56 Å². The summed E-state index contributed by atoms with van der Waals surface area (Å²) in [6.45, 7) is 2.03. The van der Waals surface area contributed by atoms with Crippen LogP contribution in [-0.2, 0) is 14.9 Å². The topological polar surface area (TPSA) is 113 Å². The van der Waals surface area contributed by atoms with E-state index < -0.39 is 21.6 Å². The number of hydrogen-bond donors (Lipinski definition) is 3. The first-order valence-corrected chi connectivity index (χ1v) is 8.01. The minimum absolute atomic E-state index is 0.0170. The Kier molecular flexibility index (Phi) is 6.41. The second kappa shape index (κ2) is 7.60. The molecule has 1 unspecified atom stereocenters. The lowest BCUT2D eigenvalue weighted by Gasteiger charge is -2.18. The summed E-state index contributed by atoms with van der Waals surface area (Å²) in [5.41, 5.74) is -1.72. The molecular formula is C12H16ClNO6S. The minimum atomic E-state index is -4.50. The molecule has 1 aromatic carbocycles. The maximum Gasteiger partial charge on any atom is 0.337 e. The molecule has 0 fully saturated rings. The number of carboxylic acids is 1. The van der Waals surface area contributed by atoms with E-state index in [4.69, 9.17) is 26.0 Å². The Bertz CT molecular complexity index is 604. The number of carbonyl (C=O) groups is 1. The summed E-state index contributed by atoms with van der Waals surface area (Å²) in [5.74, 6) is -1.25. The predicted octanol–water partition coefficient (Wildman–Crippen LogP) is 2.44. The van der Waals surface area contributed by atoms with Gasteiger partial charge in [-0.15, -0.1) is 0 Å². The van der Waals surface area contributed by atoms with E-state index in [2.05, 4.69) is 5.32 Å². The predicted molar refractivity (Wildman–Crippen MR) is 78.2 cm³/mol. The maximum atomic E-state index is 11.2. The Balaban J connectivity index is 2.93. The fraction of sp³-hybridized carbons (Fsp3) is 0.417. The van der Waals surface area contributed by atoms with Crippen LogP contribution in [0.1, 0.15) is 30.1 Å². The smallest absolute Gasteiger partial charge is 0.337 e. The standard InChI is InChI=1S/C12H16ClNO6S/c1-2-3-6-20-12(21(17,18)19)14-8-4-5-10(13)9(7-8)11(15)16/h4-5,7,12,14H,2-3,6H2,1H3,(H,15,16)(H,17,18,19). The van der Waals surface area contributed by atoms with Crippen molar-refractivity contribution >= 4 is 33.4 Å². The van der Waals surface area contributed by atoms with Crippen molar-refractivity contribution < 1.29 is 27.6 Å². The van der Waals surface area contributed by atoms with Gasteiger partial charge in [0.05, 0.1) is 17.2 Å². The first-order valence-electron chi connectivity index (χ1n) is 6.13. The van der Waals surface area contributed by atoms with Gasteiger partial charge >= 0.3 is 16.1 Å². The summed E-state index contributed by atoms with van der Waals surface area (Å²) < 4.78 is 36.6. The van der Waals surface area contributed by atoms with Crippen molar-refractivity contribution in [3.63, 3.8) is 0 Å². The normalized spacial score (nSPS) is 12.9. The third-order valence-electron chi connectivity index (χ3n) is 2.52. The Hall–Kier alpha value is -1.35. The van der Waals surface area contributed by atoms with Crippen molar-refractivity contribution in [1.82, 2.24) is 0 Å². The third kappa shape index (κ3) is 5.50. The van der Waals surface area contributed by atoms with Crippen LogP contribution < -0.4 is 5.32 Å². The molecular weight excluding hydrogens is 322 g/mol. The summed E-state index contributed by atoms with van der Waals surface area (Å²) in [6, 6.07) is 3.85. The monoisotopic (exact) mass is 337 g/mol. The van der Waals surface area contributed by atoms with Crippen LogP contribution in [0, 0.1) is 0 Å². The Labute approximate surface area is 127 Å². The highest BCUT2D eigenvalue weighted by Gasteiger charge is 2.24. The zero-order chi connectivity index (χ0) is 16.0. The number of carboxylic acid groups (broad SMARTS) is 1. The lowest BCUT2D eigenvalue weighted by molar-refractivity contribution is 0.0697. The second-order valence-electron chi connectivity index (χ2n) is 4.22. The molecule has 118 valence electrons. The Morgan fingerprint density at radius 3 is 2.67 bits per heavy atom. The molecule has 9 heteroatoms. The van der Waals surface area contributed by atoms with Crippen molar-refractivity contribution in [3.8, 4) is 0 Å². The lowest BCUT2D eigenvalue weighted by Crippen LogP contribution is -2.32. The van der Waals surface area contributed by atoms with Crippen LogP contribution in [0.15, 0.2) is 18.2 Å². The molecule has 0 aromatic heterocycles. The molecule has 3 N–H and O–H groups in total. The molecule has 21 heavy (non-hydrogen) atoms. The molecule has 0 saturated carbocycles. The van der Waals surface area contributed by atoms with Crippen LogP contribution in [0.25, 0.3) is 0 Å². The van der Waals surface area contributed by atoms with E-state index in [-0.39, 0.29) is 22.9 Å². The highest BCUT2D eigenvalue weighted by molar-refractivity contribution is 7.86. The van der Waals surface area contributed by atoms with Crippen molar-refractivity contribution in [1.29, 1.82) is 0 Å². The van der Waals surface area contributed by atoms with Gasteiger partial charge in [-0.25, -0.2) is 4.79 Å². The van der Waals surface area contributed by atoms with Crippen LogP contribution in [0.4, 0.5) is 5.69 Å². The first-order chi connectivity index (χ1) is 9.75. The van der Waals surface area contributed by atoms with E-state index in [0.29, 0.717) is 6.42 Å². The fourth-order valence-electron chi connectivity index (χ4n) is 1.45. The van der Waals surface area contributed by atoms with Crippen molar-refractivity contribution in [2.45, 2.75) is 25.3 Å². The van der Waals surface area contributed by atoms with Gasteiger partial charge < -0.3 is 15.2 Å². The molecule has 0 amide bonds. The van der Waals surface area contributed by atoms with E-state index in [9.17, 15) is 13.2 Å². The molecule has 0 bridgehead atoms. The average Bonchev–Trinajstić information content (AvgIpc) is 2.38. The first kappa shape index (κ1) is 17.7. The Morgan fingerprint density at radius 2 is 2.14 bits per heavy atom. The largest absolute Gasteiger partial charge is 0.478 e. The number of ether oxygens (including phenoxy) is 1. The summed E-state index contributed by atoms with van der Waals surface area (Å²) in [4.78, 5) is 11.0. The molecule has 0 saturated heterocycles. The van der Waals surface area contributed by atoms with Crippen molar-refractivity contribution in [2.75, 3.05) is 11.9 Å². The van der Waals surface area contributed by atoms with Gasteiger partial charge in [0, 0.05) is 5.69 Å². The van der Waals surface area contributed by atoms with Crippen molar-refractivity contribution in [2.24, 2.45) is 0 Å². The number of benzene rings is 1. The highest BCUT2D eigenvalue weighted by atomic mass is 35.5. The van der Waals surface area contributed by atoms with E-state index in [1.807, 2.05) is 6.92 Å². The minimum Gasteiger partial charge on any atom is -0.478 e. The molecule has 0 spiro atoms. The third-order valence-corrected chi connectivity index (χ3v) is 3.64.